The summed E-state index contributed by atoms with van der Waals surface area (Å²) in [6, 6.07) is 74.2. The lowest BCUT2D eigenvalue weighted by Crippen LogP contribution is -2.12. The second-order valence-corrected chi connectivity index (χ2v) is 12.9. The Morgan fingerprint density at radius 2 is 0.604 bits per heavy atom. The quantitative estimate of drug-likeness (QED) is 0.152. The van der Waals surface area contributed by atoms with Gasteiger partial charge in [-0.25, -0.2) is 4.98 Å². The number of nitrogens with zero attached hydrogens (tertiary/aromatic N) is 3. The SMILES string of the molecule is c1ccc(-c2ccc(N(c3ccc(-c4ccccc4)cc3)c3ccc(N(c4ccccc4)c4ccc(-c5nc6ccccc6o5)cc4)cc3)cc2)cc1. The van der Waals surface area contributed by atoms with Gasteiger partial charge < -0.3 is 14.2 Å². The van der Waals surface area contributed by atoms with Gasteiger partial charge in [-0.05, 0) is 119 Å². The number of aromatic nitrogens is 1. The predicted molar refractivity (Wildman–Crippen MR) is 220 cm³/mol. The topological polar surface area (TPSA) is 32.5 Å². The van der Waals surface area contributed by atoms with Crippen molar-refractivity contribution in [1.29, 1.82) is 0 Å². The molecule has 53 heavy (non-hydrogen) atoms. The van der Waals surface area contributed by atoms with Gasteiger partial charge in [0.1, 0.15) is 5.52 Å². The summed E-state index contributed by atoms with van der Waals surface area (Å²) in [6.07, 6.45) is 0. The molecule has 1 aromatic heterocycles. The van der Waals surface area contributed by atoms with Gasteiger partial charge >= 0.3 is 0 Å². The lowest BCUT2D eigenvalue weighted by Gasteiger charge is -2.28. The van der Waals surface area contributed by atoms with Crippen LogP contribution in [-0.4, -0.2) is 4.98 Å². The van der Waals surface area contributed by atoms with Crippen molar-refractivity contribution >= 4 is 45.2 Å². The van der Waals surface area contributed by atoms with E-state index in [2.05, 4.69) is 192 Å². The van der Waals surface area contributed by atoms with E-state index in [-0.39, 0.29) is 0 Å². The fourth-order valence-electron chi connectivity index (χ4n) is 6.84. The second kappa shape index (κ2) is 14.2. The maximum Gasteiger partial charge on any atom is 0.227 e. The van der Waals surface area contributed by atoms with Gasteiger partial charge in [-0.15, -0.1) is 0 Å². The minimum absolute atomic E-state index is 0.613. The van der Waals surface area contributed by atoms with E-state index < -0.39 is 0 Å². The maximum atomic E-state index is 6.06. The van der Waals surface area contributed by atoms with Crippen LogP contribution in [0.25, 0.3) is 44.8 Å². The molecule has 0 aliphatic rings. The van der Waals surface area contributed by atoms with Gasteiger partial charge in [-0.3, -0.25) is 0 Å². The van der Waals surface area contributed by atoms with Crippen LogP contribution in [0.2, 0.25) is 0 Å². The van der Waals surface area contributed by atoms with E-state index in [1.807, 2.05) is 30.3 Å². The number of oxazole rings is 1. The Bertz CT molecular complexity index is 2450. The third kappa shape index (κ3) is 6.58. The van der Waals surface area contributed by atoms with Gasteiger partial charge in [0.05, 0.1) is 0 Å². The van der Waals surface area contributed by atoms with Crippen molar-refractivity contribution in [3.05, 3.63) is 212 Å². The molecule has 4 nitrogen and oxygen atoms in total. The maximum absolute atomic E-state index is 6.06. The summed E-state index contributed by atoms with van der Waals surface area (Å²) in [6.45, 7) is 0. The lowest BCUT2D eigenvalue weighted by molar-refractivity contribution is 0.620. The molecule has 0 saturated heterocycles. The second-order valence-electron chi connectivity index (χ2n) is 12.9. The number of rotatable bonds is 9. The van der Waals surface area contributed by atoms with Crippen LogP contribution < -0.4 is 9.80 Å². The first-order valence-electron chi connectivity index (χ1n) is 17.8. The minimum atomic E-state index is 0.613. The highest BCUT2D eigenvalue weighted by molar-refractivity contribution is 5.83. The zero-order valence-corrected chi connectivity index (χ0v) is 29.0. The third-order valence-corrected chi connectivity index (χ3v) is 9.51. The Morgan fingerprint density at radius 3 is 1.04 bits per heavy atom. The molecule has 0 saturated carbocycles. The first-order chi connectivity index (χ1) is 26.3. The van der Waals surface area contributed by atoms with Crippen LogP contribution in [0.5, 0.6) is 0 Å². The van der Waals surface area contributed by atoms with Crippen LogP contribution in [0.3, 0.4) is 0 Å². The van der Waals surface area contributed by atoms with Crippen LogP contribution in [-0.2, 0) is 0 Å². The van der Waals surface area contributed by atoms with Crippen molar-refractivity contribution in [2.24, 2.45) is 0 Å². The Labute approximate surface area is 309 Å². The molecule has 0 radical (unpaired) electrons. The largest absolute Gasteiger partial charge is 0.436 e. The third-order valence-electron chi connectivity index (χ3n) is 9.51. The van der Waals surface area contributed by atoms with Crippen molar-refractivity contribution < 1.29 is 4.42 Å². The van der Waals surface area contributed by atoms with Crippen molar-refractivity contribution in [1.82, 2.24) is 4.98 Å². The molecular formula is C49H35N3O. The molecular weight excluding hydrogens is 647 g/mol. The van der Waals surface area contributed by atoms with Gasteiger partial charge in [-0.1, -0.05) is 115 Å². The first kappa shape index (κ1) is 31.8. The Balaban J connectivity index is 1.07. The zero-order chi connectivity index (χ0) is 35.4. The van der Waals surface area contributed by atoms with Crippen LogP contribution in [0.15, 0.2) is 217 Å². The number of hydrogen-bond acceptors (Lipinski definition) is 4. The summed E-state index contributed by atoms with van der Waals surface area (Å²) in [5.74, 6) is 0.613. The van der Waals surface area contributed by atoms with Gasteiger partial charge in [0.25, 0.3) is 0 Å². The lowest BCUT2D eigenvalue weighted by atomic mass is 10.0. The monoisotopic (exact) mass is 681 g/mol. The van der Waals surface area contributed by atoms with E-state index in [9.17, 15) is 0 Å². The molecule has 9 rings (SSSR count). The summed E-state index contributed by atoms with van der Waals surface area (Å²) in [4.78, 5) is 9.29. The number of para-hydroxylation sites is 3. The molecule has 0 bridgehead atoms. The molecule has 8 aromatic carbocycles. The average Bonchev–Trinajstić information content (AvgIpc) is 3.68. The highest BCUT2D eigenvalue weighted by atomic mass is 16.3. The molecule has 0 spiro atoms. The predicted octanol–water partition coefficient (Wildman–Crippen LogP) is 13.8. The van der Waals surface area contributed by atoms with Crippen molar-refractivity contribution in [2.75, 3.05) is 9.80 Å². The Kier molecular flexibility index (Phi) is 8.53. The van der Waals surface area contributed by atoms with Crippen LogP contribution in [0, 0.1) is 0 Å². The van der Waals surface area contributed by atoms with E-state index >= 15 is 0 Å². The Hall–Kier alpha value is -7.17. The van der Waals surface area contributed by atoms with Crippen LogP contribution in [0.4, 0.5) is 34.1 Å². The summed E-state index contributed by atoms with van der Waals surface area (Å²) >= 11 is 0. The molecule has 9 aromatic rings. The van der Waals surface area contributed by atoms with Gasteiger partial charge in [0.15, 0.2) is 5.58 Å². The van der Waals surface area contributed by atoms with Gasteiger partial charge in [-0.2, -0.15) is 0 Å². The number of fused-ring (bicyclic) bond motifs is 1. The van der Waals surface area contributed by atoms with E-state index in [1.165, 1.54) is 22.3 Å². The normalized spacial score (nSPS) is 11.0. The fraction of sp³-hybridized carbons (Fsp3) is 0. The van der Waals surface area contributed by atoms with Crippen LogP contribution in [0.1, 0.15) is 0 Å². The average molecular weight is 682 g/mol. The molecule has 4 heteroatoms. The molecule has 0 N–H and O–H groups in total. The molecule has 252 valence electrons. The first-order valence-corrected chi connectivity index (χ1v) is 17.8. The fourth-order valence-corrected chi connectivity index (χ4v) is 6.84. The number of benzene rings is 8. The smallest absolute Gasteiger partial charge is 0.227 e. The molecule has 0 fully saturated rings. The molecule has 0 amide bonds. The minimum Gasteiger partial charge on any atom is -0.436 e. The van der Waals surface area contributed by atoms with E-state index in [1.54, 1.807) is 0 Å². The summed E-state index contributed by atoms with van der Waals surface area (Å²) in [5, 5.41) is 0. The number of hydrogen-bond donors (Lipinski definition) is 0. The molecule has 1 heterocycles. The van der Waals surface area contributed by atoms with Gasteiger partial charge in [0, 0.05) is 39.7 Å². The van der Waals surface area contributed by atoms with Crippen LogP contribution >= 0.6 is 0 Å². The number of anilines is 6. The van der Waals surface area contributed by atoms with E-state index in [0.717, 1.165) is 50.8 Å². The van der Waals surface area contributed by atoms with E-state index in [0.29, 0.717) is 5.89 Å². The highest BCUT2D eigenvalue weighted by Crippen LogP contribution is 2.40. The van der Waals surface area contributed by atoms with Crippen molar-refractivity contribution in [3.8, 4) is 33.7 Å². The standard InChI is InChI=1S/C49H35N3O/c1-4-12-36(13-5-1)38-20-26-42(27-21-38)52(43-28-22-39(23-29-43)37-14-6-2-7-15-37)46-34-32-45(33-35-46)51(41-16-8-3-9-17-41)44-30-24-40(25-31-44)49-50-47-18-10-11-19-48(47)53-49/h1-35H. The molecule has 0 atom stereocenters. The summed E-state index contributed by atoms with van der Waals surface area (Å²) < 4.78 is 6.06. The summed E-state index contributed by atoms with van der Waals surface area (Å²) in [5.41, 5.74) is 13.7. The van der Waals surface area contributed by atoms with Crippen molar-refractivity contribution in [3.63, 3.8) is 0 Å². The Morgan fingerprint density at radius 1 is 0.283 bits per heavy atom. The molecule has 0 unspecified atom stereocenters. The molecule has 0 aliphatic heterocycles. The van der Waals surface area contributed by atoms with Gasteiger partial charge in [0.2, 0.25) is 5.89 Å². The van der Waals surface area contributed by atoms with Crippen molar-refractivity contribution in [2.45, 2.75) is 0 Å². The highest BCUT2D eigenvalue weighted by Gasteiger charge is 2.17. The zero-order valence-electron chi connectivity index (χ0n) is 29.0. The summed E-state index contributed by atoms with van der Waals surface area (Å²) in [7, 11) is 0. The molecule has 0 aliphatic carbocycles. The van der Waals surface area contributed by atoms with E-state index in [4.69, 9.17) is 9.40 Å².